The molecule has 0 saturated carbocycles. The van der Waals surface area contributed by atoms with Crippen LogP contribution in [0, 0.1) is 0 Å². The molecule has 0 amide bonds. The Morgan fingerprint density at radius 1 is 0.250 bits per heavy atom. The Labute approximate surface area is 422 Å². The maximum atomic E-state index is 2.59. The Hall–Kier alpha value is -9.04. The molecule has 0 fully saturated rings. The predicted molar refractivity (Wildman–Crippen MR) is 306 cm³/mol. The van der Waals surface area contributed by atoms with Crippen molar-refractivity contribution >= 4 is 38.6 Å². The monoisotopic (exact) mass is 917 g/mol. The minimum atomic E-state index is -0.271. The standard InChI is InChI=1S/C71H51N/c1-71(2)67-46-52(48-22-7-3-8-23-48)38-40-63(67)64-41-39-57(47-68(64)71)72(58-44-55(49-24-9-4-10-25-49)43-56(45-58)50-26-11-5-12-27-50)70-66-37-20-18-35-62(66)61-34-17-19-36-65(61)69(70)54-31-21-30-53(42-54)60-33-16-15-32-59(60)51-28-13-6-14-29-51/h3-47H,1-2H3. The van der Waals surface area contributed by atoms with Gasteiger partial charge in [-0.25, -0.2) is 0 Å². The zero-order valence-corrected chi connectivity index (χ0v) is 40.4. The maximum Gasteiger partial charge on any atom is 0.0624 e. The van der Waals surface area contributed by atoms with Gasteiger partial charge in [0.25, 0.3) is 0 Å². The number of fused-ring (bicyclic) bond motifs is 6. The van der Waals surface area contributed by atoms with Crippen molar-refractivity contribution in [1.82, 2.24) is 0 Å². The molecule has 1 aliphatic carbocycles. The predicted octanol–water partition coefficient (Wildman–Crippen LogP) is 19.8. The first-order chi connectivity index (χ1) is 35.5. The normalized spacial score (nSPS) is 12.4. The molecule has 0 aromatic heterocycles. The molecule has 0 radical (unpaired) electrons. The molecule has 12 aromatic rings. The highest BCUT2D eigenvalue weighted by Crippen LogP contribution is 2.55. The summed E-state index contributed by atoms with van der Waals surface area (Å²) >= 11 is 0. The first-order valence-corrected chi connectivity index (χ1v) is 25.1. The van der Waals surface area contributed by atoms with E-state index in [0.29, 0.717) is 0 Å². The SMILES string of the molecule is CC1(C)c2cc(-c3ccccc3)ccc2-c2ccc(N(c3cc(-c4ccccc4)cc(-c4ccccc4)c3)c3c(-c4cccc(-c5ccccc5-c5ccccc5)c4)c4ccccc4c4ccccc34)cc21. The van der Waals surface area contributed by atoms with Crippen LogP contribution < -0.4 is 4.90 Å². The number of nitrogens with zero attached hydrogens (tertiary/aromatic N) is 1. The number of hydrogen-bond acceptors (Lipinski definition) is 1. The van der Waals surface area contributed by atoms with Crippen molar-refractivity contribution in [2.45, 2.75) is 19.3 Å². The molecule has 0 heterocycles. The molecule has 13 rings (SSSR count). The van der Waals surface area contributed by atoms with Gasteiger partial charge in [-0.15, -0.1) is 0 Å². The van der Waals surface area contributed by atoms with Crippen LogP contribution in [0.3, 0.4) is 0 Å². The molecule has 0 saturated heterocycles. The fourth-order valence-corrected chi connectivity index (χ4v) is 11.5. The fraction of sp³-hybridized carbons (Fsp3) is 0.0423. The number of benzene rings is 12. The van der Waals surface area contributed by atoms with E-state index in [1.54, 1.807) is 0 Å². The van der Waals surface area contributed by atoms with Crippen molar-refractivity contribution in [3.63, 3.8) is 0 Å². The van der Waals surface area contributed by atoms with Gasteiger partial charge in [-0.3, -0.25) is 0 Å². The van der Waals surface area contributed by atoms with Crippen LogP contribution in [0.15, 0.2) is 273 Å². The topological polar surface area (TPSA) is 3.24 Å². The minimum absolute atomic E-state index is 0.271. The van der Waals surface area contributed by atoms with E-state index in [0.717, 1.165) is 33.8 Å². The third kappa shape index (κ3) is 7.41. The summed E-state index contributed by atoms with van der Waals surface area (Å²) in [5, 5.41) is 4.83. The number of rotatable bonds is 9. The Kier molecular flexibility index (Phi) is 10.6. The van der Waals surface area contributed by atoms with Crippen LogP contribution in [0.2, 0.25) is 0 Å². The van der Waals surface area contributed by atoms with Crippen molar-refractivity contribution in [2.24, 2.45) is 0 Å². The molecule has 72 heavy (non-hydrogen) atoms. The molecule has 0 bridgehead atoms. The first kappa shape index (κ1) is 43.0. The lowest BCUT2D eigenvalue weighted by Gasteiger charge is -2.32. The highest BCUT2D eigenvalue weighted by atomic mass is 15.1. The molecule has 0 unspecified atom stereocenters. The summed E-state index contributed by atoms with van der Waals surface area (Å²) in [4.78, 5) is 2.59. The van der Waals surface area contributed by atoms with Crippen LogP contribution in [0.4, 0.5) is 17.1 Å². The molecule has 1 nitrogen and oxygen atoms in total. The first-order valence-electron chi connectivity index (χ1n) is 25.1. The summed E-state index contributed by atoms with van der Waals surface area (Å²) in [6.45, 7) is 4.81. The van der Waals surface area contributed by atoms with E-state index >= 15 is 0 Å². The van der Waals surface area contributed by atoms with Crippen molar-refractivity contribution < 1.29 is 0 Å². The van der Waals surface area contributed by atoms with Crippen molar-refractivity contribution in [2.75, 3.05) is 4.90 Å². The van der Waals surface area contributed by atoms with Crippen LogP contribution in [0.1, 0.15) is 25.0 Å². The van der Waals surface area contributed by atoms with E-state index < -0.39 is 0 Å². The van der Waals surface area contributed by atoms with Gasteiger partial charge in [-0.05, 0) is 142 Å². The van der Waals surface area contributed by atoms with Gasteiger partial charge in [0, 0.05) is 27.7 Å². The van der Waals surface area contributed by atoms with Gasteiger partial charge in [0.05, 0.1) is 5.69 Å². The van der Waals surface area contributed by atoms with Crippen LogP contribution in [0.5, 0.6) is 0 Å². The van der Waals surface area contributed by atoms with Gasteiger partial charge in [0.1, 0.15) is 0 Å². The number of anilines is 3. The average Bonchev–Trinajstić information content (AvgIpc) is 3.68. The third-order valence-electron chi connectivity index (χ3n) is 15.0. The van der Waals surface area contributed by atoms with E-state index in [4.69, 9.17) is 0 Å². The van der Waals surface area contributed by atoms with Gasteiger partial charge >= 0.3 is 0 Å². The van der Waals surface area contributed by atoms with E-state index in [9.17, 15) is 0 Å². The highest BCUT2D eigenvalue weighted by molar-refractivity contribution is 6.22. The van der Waals surface area contributed by atoms with Crippen LogP contribution in [-0.2, 0) is 5.41 Å². The smallest absolute Gasteiger partial charge is 0.0624 e. The molecular weight excluding hydrogens is 867 g/mol. The van der Waals surface area contributed by atoms with Gasteiger partial charge in [0.2, 0.25) is 0 Å². The largest absolute Gasteiger partial charge is 0.309 e. The van der Waals surface area contributed by atoms with Crippen LogP contribution in [-0.4, -0.2) is 0 Å². The summed E-state index contributed by atoms with van der Waals surface area (Å²) in [6, 6.07) is 101. The molecule has 0 atom stereocenters. The van der Waals surface area contributed by atoms with Crippen molar-refractivity contribution in [3.8, 4) is 77.9 Å². The summed E-state index contributed by atoms with van der Waals surface area (Å²) in [7, 11) is 0. The highest BCUT2D eigenvalue weighted by Gasteiger charge is 2.37. The Bertz CT molecular complexity index is 3930. The zero-order valence-electron chi connectivity index (χ0n) is 40.4. The van der Waals surface area contributed by atoms with Crippen LogP contribution in [0.25, 0.3) is 99.4 Å². The van der Waals surface area contributed by atoms with E-state index in [1.807, 2.05) is 0 Å². The second kappa shape index (κ2) is 17.7. The summed E-state index contributed by atoms with van der Waals surface area (Å²) in [6.07, 6.45) is 0. The molecular formula is C71H51N. The summed E-state index contributed by atoms with van der Waals surface area (Å²) < 4.78 is 0. The molecule has 0 N–H and O–H groups in total. The maximum absolute atomic E-state index is 2.59. The molecule has 12 aromatic carbocycles. The van der Waals surface area contributed by atoms with Crippen molar-refractivity contribution in [3.05, 3.63) is 284 Å². The zero-order chi connectivity index (χ0) is 48.2. The summed E-state index contributed by atoms with van der Waals surface area (Å²) in [5.74, 6) is 0. The lowest BCUT2D eigenvalue weighted by molar-refractivity contribution is 0.660. The molecule has 0 spiro atoms. The Balaban J connectivity index is 1.11. The third-order valence-corrected chi connectivity index (χ3v) is 15.0. The van der Waals surface area contributed by atoms with E-state index in [2.05, 4.69) is 292 Å². The lowest BCUT2D eigenvalue weighted by Crippen LogP contribution is -2.17. The van der Waals surface area contributed by atoms with Crippen LogP contribution >= 0.6 is 0 Å². The molecule has 1 aliphatic rings. The Morgan fingerprint density at radius 3 is 1.29 bits per heavy atom. The molecule has 1 heteroatoms. The van der Waals surface area contributed by atoms with Gasteiger partial charge < -0.3 is 4.90 Å². The minimum Gasteiger partial charge on any atom is -0.309 e. The average molecular weight is 918 g/mol. The Morgan fingerprint density at radius 2 is 0.681 bits per heavy atom. The quantitative estimate of drug-likeness (QED) is 0.130. The second-order valence-electron chi connectivity index (χ2n) is 19.6. The lowest BCUT2D eigenvalue weighted by atomic mass is 9.81. The van der Waals surface area contributed by atoms with E-state index in [1.165, 1.54) is 93.9 Å². The van der Waals surface area contributed by atoms with Gasteiger partial charge in [-0.2, -0.15) is 0 Å². The second-order valence-corrected chi connectivity index (χ2v) is 19.6. The van der Waals surface area contributed by atoms with Gasteiger partial charge in [0.15, 0.2) is 0 Å². The van der Waals surface area contributed by atoms with E-state index in [-0.39, 0.29) is 5.41 Å². The van der Waals surface area contributed by atoms with Gasteiger partial charge in [-0.1, -0.05) is 244 Å². The number of hydrogen-bond donors (Lipinski definition) is 0. The molecule has 340 valence electrons. The molecule has 0 aliphatic heterocycles. The fourth-order valence-electron chi connectivity index (χ4n) is 11.5. The van der Waals surface area contributed by atoms with Crippen molar-refractivity contribution in [1.29, 1.82) is 0 Å². The summed E-state index contributed by atoms with van der Waals surface area (Å²) in [5.41, 5.74) is 22.6.